The molecule has 3 heterocycles. The van der Waals surface area contributed by atoms with Crippen LogP contribution in [0.25, 0.3) is 22.5 Å². The predicted octanol–water partition coefficient (Wildman–Crippen LogP) is 4.22. The number of nitrogens with one attached hydrogen (secondary N) is 2. The van der Waals surface area contributed by atoms with Gasteiger partial charge in [0.2, 0.25) is 17.7 Å². The summed E-state index contributed by atoms with van der Waals surface area (Å²) in [5.74, 6) is 2.60. The first-order valence-electron chi connectivity index (χ1n) is 9.31. The van der Waals surface area contributed by atoms with E-state index >= 15 is 0 Å². The van der Waals surface area contributed by atoms with Crippen LogP contribution in [-0.2, 0) is 11.2 Å². The molecule has 4 rings (SSSR count). The van der Waals surface area contributed by atoms with Crippen molar-refractivity contribution in [1.82, 2.24) is 25.5 Å². The standard InChI is InChI=1S/C20H21N5O2S2/c1-28-10-9-16(19-22-14-4-2-3-5-15(14)23-19)21-17(26)6-7-18-24-25-20(27-18)13-8-11-29-12-13/h2-5,8,11-12,16H,6-7,9-10H2,1H3,(H,21,26)(H,22,23). The first-order valence-corrected chi connectivity index (χ1v) is 11.6. The number of aryl methyl sites for hydroxylation is 1. The molecule has 7 nitrogen and oxygen atoms in total. The van der Waals surface area contributed by atoms with Gasteiger partial charge in [-0.25, -0.2) is 4.98 Å². The number of benzene rings is 1. The molecular formula is C20H21N5O2S2. The Bertz CT molecular complexity index is 1040. The molecule has 0 saturated carbocycles. The fraction of sp³-hybridized carbons (Fsp3) is 0.300. The highest BCUT2D eigenvalue weighted by Crippen LogP contribution is 2.22. The van der Waals surface area contributed by atoms with Gasteiger partial charge in [0.1, 0.15) is 5.82 Å². The summed E-state index contributed by atoms with van der Waals surface area (Å²) in [6, 6.07) is 9.64. The minimum absolute atomic E-state index is 0.0631. The molecule has 2 N–H and O–H groups in total. The van der Waals surface area contributed by atoms with Crippen molar-refractivity contribution in [2.24, 2.45) is 0 Å². The number of thiophene rings is 1. The number of hydrogen-bond donors (Lipinski definition) is 2. The summed E-state index contributed by atoms with van der Waals surface area (Å²) in [6.45, 7) is 0. The molecule has 1 atom stereocenters. The maximum absolute atomic E-state index is 12.6. The van der Waals surface area contributed by atoms with E-state index in [2.05, 4.69) is 31.7 Å². The van der Waals surface area contributed by atoms with Crippen molar-refractivity contribution in [2.45, 2.75) is 25.3 Å². The van der Waals surface area contributed by atoms with Crippen LogP contribution < -0.4 is 5.32 Å². The van der Waals surface area contributed by atoms with E-state index in [-0.39, 0.29) is 18.4 Å². The molecule has 0 aliphatic heterocycles. The molecule has 3 aromatic heterocycles. The van der Waals surface area contributed by atoms with E-state index < -0.39 is 0 Å². The lowest BCUT2D eigenvalue weighted by atomic mass is 10.2. The Hall–Kier alpha value is -2.65. The van der Waals surface area contributed by atoms with Gasteiger partial charge in [-0.1, -0.05) is 12.1 Å². The third kappa shape index (κ3) is 4.86. The van der Waals surface area contributed by atoms with E-state index in [9.17, 15) is 4.79 Å². The number of para-hydroxylation sites is 2. The fourth-order valence-corrected chi connectivity index (χ4v) is 4.10. The molecule has 1 amide bonds. The van der Waals surface area contributed by atoms with Crippen LogP contribution in [0, 0.1) is 0 Å². The van der Waals surface area contributed by atoms with Crippen LogP contribution >= 0.6 is 23.1 Å². The van der Waals surface area contributed by atoms with Gasteiger partial charge >= 0.3 is 0 Å². The SMILES string of the molecule is CSCCC(NC(=O)CCc1nnc(-c2ccsc2)o1)c1nc2ccccc2[nH]1. The Labute approximate surface area is 176 Å². The number of amides is 1. The Balaban J connectivity index is 1.39. The Morgan fingerprint density at radius 1 is 1.31 bits per heavy atom. The van der Waals surface area contributed by atoms with Crippen LogP contribution in [-0.4, -0.2) is 38.1 Å². The number of thioether (sulfide) groups is 1. The van der Waals surface area contributed by atoms with Gasteiger partial charge in [-0.15, -0.1) is 10.2 Å². The number of aromatic amines is 1. The number of fused-ring (bicyclic) bond motifs is 1. The average molecular weight is 428 g/mol. The lowest BCUT2D eigenvalue weighted by Gasteiger charge is -2.16. The molecule has 9 heteroatoms. The molecule has 1 unspecified atom stereocenters. The van der Waals surface area contributed by atoms with Gasteiger partial charge in [0, 0.05) is 23.8 Å². The van der Waals surface area contributed by atoms with Crippen LogP contribution in [0.15, 0.2) is 45.5 Å². The zero-order valence-electron chi connectivity index (χ0n) is 15.9. The molecule has 29 heavy (non-hydrogen) atoms. The van der Waals surface area contributed by atoms with Crippen LogP contribution in [0.2, 0.25) is 0 Å². The average Bonchev–Trinajstić information content (AvgIpc) is 3.48. The van der Waals surface area contributed by atoms with Gasteiger partial charge in [0.25, 0.3) is 0 Å². The van der Waals surface area contributed by atoms with Crippen LogP contribution in [0.3, 0.4) is 0 Å². The van der Waals surface area contributed by atoms with Crippen molar-refractivity contribution < 1.29 is 9.21 Å². The van der Waals surface area contributed by atoms with Gasteiger partial charge in [0.05, 0.1) is 17.1 Å². The summed E-state index contributed by atoms with van der Waals surface area (Å²) in [7, 11) is 0. The number of aromatic nitrogens is 4. The van der Waals surface area contributed by atoms with Gasteiger partial charge in [-0.3, -0.25) is 4.79 Å². The second-order valence-electron chi connectivity index (χ2n) is 6.55. The molecular weight excluding hydrogens is 406 g/mol. The zero-order chi connectivity index (χ0) is 20.1. The van der Waals surface area contributed by atoms with Crippen molar-refractivity contribution in [3.63, 3.8) is 0 Å². The highest BCUT2D eigenvalue weighted by Gasteiger charge is 2.19. The number of carbonyl (C=O) groups is 1. The summed E-state index contributed by atoms with van der Waals surface area (Å²) in [6.07, 6.45) is 3.54. The largest absolute Gasteiger partial charge is 0.421 e. The van der Waals surface area contributed by atoms with E-state index in [1.165, 1.54) is 0 Å². The molecule has 0 aliphatic rings. The molecule has 0 fully saturated rings. The zero-order valence-corrected chi connectivity index (χ0v) is 17.6. The van der Waals surface area contributed by atoms with Gasteiger partial charge in [-0.05, 0) is 42.0 Å². The maximum Gasteiger partial charge on any atom is 0.248 e. The van der Waals surface area contributed by atoms with Crippen LogP contribution in [0.1, 0.15) is 30.6 Å². The quantitative estimate of drug-likeness (QED) is 0.415. The van der Waals surface area contributed by atoms with Crippen molar-refractivity contribution in [1.29, 1.82) is 0 Å². The molecule has 4 aromatic rings. The summed E-state index contributed by atoms with van der Waals surface area (Å²) in [4.78, 5) is 20.5. The molecule has 0 aliphatic carbocycles. The Morgan fingerprint density at radius 2 is 2.21 bits per heavy atom. The van der Waals surface area contributed by atoms with Crippen molar-refractivity contribution >= 4 is 40.0 Å². The topological polar surface area (TPSA) is 96.7 Å². The Morgan fingerprint density at radius 3 is 3.00 bits per heavy atom. The molecule has 0 radical (unpaired) electrons. The van der Waals surface area contributed by atoms with Gasteiger partial charge < -0.3 is 14.7 Å². The lowest BCUT2D eigenvalue weighted by Crippen LogP contribution is -2.30. The van der Waals surface area contributed by atoms with Crippen LogP contribution in [0.5, 0.6) is 0 Å². The summed E-state index contributed by atoms with van der Waals surface area (Å²) < 4.78 is 5.66. The third-order valence-corrected chi connectivity index (χ3v) is 5.81. The fourth-order valence-electron chi connectivity index (χ4n) is 2.99. The van der Waals surface area contributed by atoms with E-state index in [0.29, 0.717) is 18.2 Å². The number of carbonyl (C=O) groups excluding carboxylic acids is 1. The molecule has 0 bridgehead atoms. The summed E-state index contributed by atoms with van der Waals surface area (Å²) in [5, 5.41) is 15.1. The number of nitrogens with zero attached hydrogens (tertiary/aromatic N) is 3. The monoisotopic (exact) mass is 427 g/mol. The number of H-pyrrole nitrogens is 1. The highest BCUT2D eigenvalue weighted by molar-refractivity contribution is 7.98. The minimum atomic E-state index is -0.161. The lowest BCUT2D eigenvalue weighted by molar-refractivity contribution is -0.122. The van der Waals surface area contributed by atoms with E-state index in [4.69, 9.17) is 4.42 Å². The van der Waals surface area contributed by atoms with E-state index in [1.807, 2.05) is 41.1 Å². The van der Waals surface area contributed by atoms with Crippen molar-refractivity contribution in [3.05, 3.63) is 52.8 Å². The molecule has 150 valence electrons. The normalized spacial score (nSPS) is 12.3. The number of imidazole rings is 1. The number of rotatable bonds is 9. The molecule has 0 saturated heterocycles. The van der Waals surface area contributed by atoms with E-state index in [0.717, 1.165) is 34.6 Å². The highest BCUT2D eigenvalue weighted by atomic mass is 32.2. The third-order valence-electron chi connectivity index (χ3n) is 4.48. The molecule has 0 spiro atoms. The number of hydrogen-bond acceptors (Lipinski definition) is 7. The first-order chi connectivity index (χ1) is 14.2. The van der Waals surface area contributed by atoms with Crippen molar-refractivity contribution in [2.75, 3.05) is 12.0 Å². The van der Waals surface area contributed by atoms with Gasteiger partial charge in [0.15, 0.2) is 0 Å². The van der Waals surface area contributed by atoms with E-state index in [1.54, 1.807) is 23.1 Å². The predicted molar refractivity (Wildman–Crippen MR) is 116 cm³/mol. The van der Waals surface area contributed by atoms with Crippen LogP contribution in [0.4, 0.5) is 0 Å². The van der Waals surface area contributed by atoms with Gasteiger partial charge in [-0.2, -0.15) is 23.1 Å². The second-order valence-corrected chi connectivity index (χ2v) is 8.32. The summed E-state index contributed by atoms with van der Waals surface area (Å²) >= 11 is 3.32. The Kier molecular flexibility index (Phi) is 6.26. The van der Waals surface area contributed by atoms with Crippen molar-refractivity contribution in [3.8, 4) is 11.5 Å². The first kappa shape index (κ1) is 19.7. The molecule has 1 aromatic carbocycles. The minimum Gasteiger partial charge on any atom is -0.421 e. The summed E-state index contributed by atoms with van der Waals surface area (Å²) in [5.41, 5.74) is 2.77. The maximum atomic E-state index is 12.6. The smallest absolute Gasteiger partial charge is 0.248 e. The second kappa shape index (κ2) is 9.23.